The van der Waals surface area contributed by atoms with Crippen molar-refractivity contribution in [1.82, 2.24) is 5.32 Å². The van der Waals surface area contributed by atoms with Gasteiger partial charge in [-0.3, -0.25) is 4.79 Å². The summed E-state index contributed by atoms with van der Waals surface area (Å²) in [7, 11) is 0. The maximum Gasteiger partial charge on any atom is 0.327 e. The number of hydrogen-bond donors (Lipinski definition) is 3. The van der Waals surface area contributed by atoms with Gasteiger partial charge in [0.25, 0.3) is 0 Å². The number of thioether (sulfide) groups is 1. The van der Waals surface area contributed by atoms with Gasteiger partial charge in [-0.15, -0.1) is 0 Å². The molecular formula is C12H23NO4S. The zero-order valence-corrected chi connectivity index (χ0v) is 11.8. The van der Waals surface area contributed by atoms with Crippen LogP contribution in [-0.4, -0.2) is 46.7 Å². The number of carbonyl (C=O) groups is 2. The van der Waals surface area contributed by atoms with Gasteiger partial charge in [-0.1, -0.05) is 19.9 Å². The summed E-state index contributed by atoms with van der Waals surface area (Å²) in [4.78, 5) is 20.0. The van der Waals surface area contributed by atoms with Gasteiger partial charge in [-0.25, -0.2) is 4.79 Å². The first-order chi connectivity index (χ1) is 8.49. The highest BCUT2D eigenvalue weighted by Crippen LogP contribution is 2.01. The molecule has 0 radical (unpaired) electrons. The minimum Gasteiger partial charge on any atom is -0.480 e. The Labute approximate surface area is 113 Å². The molecule has 5 nitrogen and oxygen atoms in total. The molecule has 18 heavy (non-hydrogen) atoms. The van der Waals surface area contributed by atoms with E-state index in [1.807, 2.05) is 6.26 Å². The molecule has 0 unspecified atom stereocenters. The Morgan fingerprint density at radius 1 is 1.44 bits per heavy atom. The number of rotatable bonds is 9. The van der Waals surface area contributed by atoms with Gasteiger partial charge in [0.15, 0.2) is 0 Å². The van der Waals surface area contributed by atoms with E-state index in [0.717, 1.165) is 31.2 Å². The molecule has 106 valence electrons. The first-order valence-corrected chi connectivity index (χ1v) is 7.19. The van der Waals surface area contributed by atoms with Crippen molar-refractivity contribution in [2.24, 2.45) is 0 Å². The van der Waals surface area contributed by atoms with Crippen LogP contribution in [0.15, 0.2) is 12.7 Å². The van der Waals surface area contributed by atoms with Gasteiger partial charge < -0.3 is 15.5 Å². The van der Waals surface area contributed by atoms with Crippen LogP contribution in [0.1, 0.15) is 26.2 Å². The van der Waals surface area contributed by atoms with E-state index in [9.17, 15) is 9.59 Å². The Bertz CT molecular complexity index is 246. The number of carboxylic acids is 2. The fourth-order valence-corrected chi connectivity index (χ4v) is 1.47. The van der Waals surface area contributed by atoms with Gasteiger partial charge >= 0.3 is 11.9 Å². The third-order valence-electron chi connectivity index (χ3n) is 2.00. The smallest absolute Gasteiger partial charge is 0.327 e. The molecule has 0 rings (SSSR count). The first-order valence-electron chi connectivity index (χ1n) is 5.80. The number of unbranched alkanes of at least 4 members (excludes halogenated alkanes) is 1. The lowest BCUT2D eigenvalue weighted by atomic mass is 10.2. The molecule has 0 aliphatic heterocycles. The van der Waals surface area contributed by atoms with Crippen LogP contribution in [0.2, 0.25) is 0 Å². The van der Waals surface area contributed by atoms with Crippen LogP contribution in [0.4, 0.5) is 0 Å². The molecule has 0 aliphatic carbocycles. The molecule has 1 atom stereocenters. The van der Waals surface area contributed by atoms with Gasteiger partial charge in [-0.2, -0.15) is 11.8 Å². The van der Waals surface area contributed by atoms with E-state index in [4.69, 9.17) is 10.2 Å². The molecule has 0 bridgehead atoms. The molecule has 0 saturated carbocycles. The maximum absolute atomic E-state index is 10.7. The van der Waals surface area contributed by atoms with Crippen LogP contribution in [0.5, 0.6) is 0 Å². The van der Waals surface area contributed by atoms with E-state index in [1.54, 1.807) is 11.8 Å². The molecule has 0 amide bonds. The second kappa shape index (κ2) is 14.1. The Hall–Kier alpha value is -1.01. The summed E-state index contributed by atoms with van der Waals surface area (Å²) >= 11 is 1.68. The zero-order valence-electron chi connectivity index (χ0n) is 11.0. The Balaban J connectivity index is 0. The lowest BCUT2D eigenvalue weighted by Gasteiger charge is -2.12. The molecular weight excluding hydrogens is 254 g/mol. The van der Waals surface area contributed by atoms with Crippen LogP contribution in [0.25, 0.3) is 0 Å². The SMILES string of the molecule is C=CC(=O)O.CCCCN[C@@H](CCSC)C(=O)O. The first kappa shape index (κ1) is 19.3. The van der Waals surface area contributed by atoms with Crippen molar-refractivity contribution < 1.29 is 19.8 Å². The Kier molecular flexibility index (Phi) is 15.1. The average Bonchev–Trinajstić information content (AvgIpc) is 2.33. The van der Waals surface area contributed by atoms with Gasteiger partial charge in [0, 0.05) is 6.08 Å². The molecule has 0 heterocycles. The third-order valence-corrected chi connectivity index (χ3v) is 2.65. The largest absolute Gasteiger partial charge is 0.480 e. The second-order valence-corrected chi connectivity index (χ2v) is 4.51. The molecule has 6 heteroatoms. The average molecular weight is 277 g/mol. The molecule has 0 aromatic heterocycles. The topological polar surface area (TPSA) is 86.6 Å². The quantitative estimate of drug-likeness (QED) is 0.440. The van der Waals surface area contributed by atoms with Crippen LogP contribution >= 0.6 is 11.8 Å². The minimum absolute atomic E-state index is 0.362. The van der Waals surface area contributed by atoms with E-state index in [0.29, 0.717) is 6.42 Å². The van der Waals surface area contributed by atoms with E-state index >= 15 is 0 Å². The summed E-state index contributed by atoms with van der Waals surface area (Å²) in [6, 6.07) is -0.362. The highest BCUT2D eigenvalue weighted by Gasteiger charge is 2.14. The van der Waals surface area contributed by atoms with E-state index < -0.39 is 11.9 Å². The molecule has 3 N–H and O–H groups in total. The predicted molar refractivity (Wildman–Crippen MR) is 75.2 cm³/mol. The van der Waals surface area contributed by atoms with E-state index in [2.05, 4.69) is 18.8 Å². The molecule has 0 aromatic rings. The third kappa shape index (κ3) is 15.0. The van der Waals surface area contributed by atoms with Crippen molar-refractivity contribution in [2.75, 3.05) is 18.6 Å². The van der Waals surface area contributed by atoms with Gasteiger partial charge in [0.2, 0.25) is 0 Å². The van der Waals surface area contributed by atoms with Crippen molar-refractivity contribution in [2.45, 2.75) is 32.2 Å². The number of nitrogens with one attached hydrogen (secondary N) is 1. The summed E-state index contributed by atoms with van der Waals surface area (Å²) in [6.45, 7) is 5.86. The van der Waals surface area contributed by atoms with Crippen LogP contribution in [0.3, 0.4) is 0 Å². The summed E-state index contributed by atoms with van der Waals surface area (Å²) in [5.41, 5.74) is 0. The summed E-state index contributed by atoms with van der Waals surface area (Å²) in [5.74, 6) is -0.814. The van der Waals surface area contributed by atoms with Gasteiger partial charge in [-0.05, 0) is 31.4 Å². The Morgan fingerprint density at radius 2 is 2.00 bits per heavy atom. The van der Waals surface area contributed by atoms with E-state index in [1.165, 1.54) is 0 Å². The van der Waals surface area contributed by atoms with Gasteiger partial charge in [0.05, 0.1) is 0 Å². The monoisotopic (exact) mass is 277 g/mol. The highest BCUT2D eigenvalue weighted by atomic mass is 32.2. The minimum atomic E-state index is -0.981. The number of aliphatic carboxylic acids is 2. The molecule has 0 fully saturated rings. The molecule has 0 aliphatic rings. The summed E-state index contributed by atoms with van der Waals surface area (Å²) in [5, 5.41) is 19.5. The summed E-state index contributed by atoms with van der Waals surface area (Å²) < 4.78 is 0. The van der Waals surface area contributed by atoms with Crippen molar-refractivity contribution in [3.05, 3.63) is 12.7 Å². The lowest BCUT2D eigenvalue weighted by Crippen LogP contribution is -2.37. The second-order valence-electron chi connectivity index (χ2n) is 3.52. The predicted octanol–water partition coefficient (Wildman–Crippen LogP) is 1.84. The molecule has 0 saturated heterocycles. The van der Waals surface area contributed by atoms with Crippen LogP contribution in [0, 0.1) is 0 Å². The number of carboxylic acid groups (broad SMARTS) is 2. The van der Waals surface area contributed by atoms with Gasteiger partial charge in [0.1, 0.15) is 6.04 Å². The molecule has 0 spiro atoms. The standard InChI is InChI=1S/C9H19NO2S.C3H4O2/c1-3-4-6-10-8(9(11)12)5-7-13-2;1-2-3(4)5/h8,10H,3-7H2,1-2H3,(H,11,12);2H,1H2,(H,4,5)/t8-;/m0./s1. The maximum atomic E-state index is 10.7. The lowest BCUT2D eigenvalue weighted by molar-refractivity contribution is -0.139. The normalized spacial score (nSPS) is 11.0. The van der Waals surface area contributed by atoms with Crippen molar-refractivity contribution in [1.29, 1.82) is 0 Å². The molecule has 0 aromatic carbocycles. The van der Waals surface area contributed by atoms with E-state index in [-0.39, 0.29) is 6.04 Å². The fraction of sp³-hybridized carbons (Fsp3) is 0.667. The summed E-state index contributed by atoms with van der Waals surface area (Å²) in [6.07, 6.45) is 5.68. The Morgan fingerprint density at radius 3 is 2.33 bits per heavy atom. The van der Waals surface area contributed by atoms with Crippen molar-refractivity contribution in [3.8, 4) is 0 Å². The van der Waals surface area contributed by atoms with Crippen LogP contribution < -0.4 is 5.32 Å². The number of hydrogen-bond acceptors (Lipinski definition) is 4. The fourth-order valence-electron chi connectivity index (χ4n) is 1.00. The highest BCUT2D eigenvalue weighted by molar-refractivity contribution is 7.98. The zero-order chi connectivity index (χ0) is 14.4. The van der Waals surface area contributed by atoms with Crippen LogP contribution in [-0.2, 0) is 9.59 Å². The van der Waals surface area contributed by atoms with Crippen molar-refractivity contribution in [3.63, 3.8) is 0 Å². The van der Waals surface area contributed by atoms with Crippen molar-refractivity contribution >= 4 is 23.7 Å².